The van der Waals surface area contributed by atoms with Crippen LogP contribution < -0.4 is 11.1 Å². The molecule has 0 radical (unpaired) electrons. The first kappa shape index (κ1) is 15.3. The van der Waals surface area contributed by atoms with E-state index in [-0.39, 0.29) is 0 Å². The Kier molecular flexibility index (Phi) is 3.91. The number of aromatic nitrogens is 2. The van der Waals surface area contributed by atoms with Crippen LogP contribution in [-0.2, 0) is 6.18 Å². The maximum absolute atomic E-state index is 12.7. The first-order chi connectivity index (χ1) is 10.9. The molecule has 0 atom stereocenters. The van der Waals surface area contributed by atoms with E-state index in [1.54, 1.807) is 29.8 Å². The van der Waals surface area contributed by atoms with E-state index in [2.05, 4.69) is 15.3 Å². The maximum atomic E-state index is 12.7. The lowest BCUT2D eigenvalue weighted by molar-refractivity contribution is -0.137. The summed E-state index contributed by atoms with van der Waals surface area (Å²) in [5.41, 5.74) is 6.61. The smallest absolute Gasteiger partial charge is 0.384 e. The number of hydrogen-bond donors (Lipinski definition) is 2. The molecule has 118 valence electrons. The molecule has 1 aromatic carbocycles. The number of anilines is 3. The lowest BCUT2D eigenvalue weighted by atomic mass is 10.2. The van der Waals surface area contributed by atoms with Gasteiger partial charge >= 0.3 is 6.18 Å². The van der Waals surface area contributed by atoms with Gasteiger partial charge in [0.1, 0.15) is 5.82 Å². The molecule has 23 heavy (non-hydrogen) atoms. The summed E-state index contributed by atoms with van der Waals surface area (Å²) in [7, 11) is 0. The molecule has 2 aromatic heterocycles. The minimum absolute atomic E-state index is 0.330. The van der Waals surface area contributed by atoms with Crippen LogP contribution in [0.1, 0.15) is 5.56 Å². The van der Waals surface area contributed by atoms with E-state index >= 15 is 0 Å². The van der Waals surface area contributed by atoms with Crippen LogP contribution in [-0.4, -0.2) is 9.97 Å². The van der Waals surface area contributed by atoms with Gasteiger partial charge in [-0.05, 0) is 30.3 Å². The van der Waals surface area contributed by atoms with Crippen LogP contribution in [0.3, 0.4) is 0 Å². The van der Waals surface area contributed by atoms with Crippen molar-refractivity contribution in [2.75, 3.05) is 11.1 Å². The van der Waals surface area contributed by atoms with Crippen molar-refractivity contribution in [1.29, 1.82) is 0 Å². The van der Waals surface area contributed by atoms with E-state index in [4.69, 9.17) is 5.73 Å². The summed E-state index contributed by atoms with van der Waals surface area (Å²) >= 11 is 1.29. The fourth-order valence-electron chi connectivity index (χ4n) is 1.92. The number of nitrogens with two attached hydrogens (primary N) is 1. The number of benzene rings is 1. The molecule has 8 heteroatoms. The third kappa shape index (κ3) is 3.59. The minimum Gasteiger partial charge on any atom is -0.384 e. The zero-order valence-electron chi connectivity index (χ0n) is 11.6. The van der Waals surface area contributed by atoms with Gasteiger partial charge in [0.15, 0.2) is 5.13 Å². The standard InChI is InChI=1S/C15H11F3N4S/c16-15(17,18)10-2-1-3-11(6-10)21-14-22-12(8-23-14)9-4-5-13(19)20-7-9/h1-8H,(H2,19,20)(H,21,22). The van der Waals surface area contributed by atoms with Crippen LogP contribution in [0.15, 0.2) is 48.0 Å². The fraction of sp³-hybridized carbons (Fsp3) is 0.0667. The number of halogens is 3. The fourth-order valence-corrected chi connectivity index (χ4v) is 2.66. The van der Waals surface area contributed by atoms with Gasteiger partial charge in [0.05, 0.1) is 11.3 Å². The lowest BCUT2D eigenvalue weighted by Crippen LogP contribution is -2.05. The highest BCUT2D eigenvalue weighted by atomic mass is 32.1. The molecule has 0 aliphatic rings. The van der Waals surface area contributed by atoms with Crippen molar-refractivity contribution in [2.24, 2.45) is 0 Å². The molecule has 0 bridgehead atoms. The number of nitrogens with zero attached hydrogens (tertiary/aromatic N) is 2. The van der Waals surface area contributed by atoms with E-state index in [1.165, 1.54) is 17.4 Å². The molecule has 3 aromatic rings. The first-order valence-corrected chi connectivity index (χ1v) is 7.41. The second-order valence-corrected chi connectivity index (χ2v) is 5.57. The first-order valence-electron chi connectivity index (χ1n) is 6.53. The summed E-state index contributed by atoms with van der Waals surface area (Å²) < 4.78 is 38.1. The Bertz CT molecular complexity index is 812. The topological polar surface area (TPSA) is 63.8 Å². The number of nitrogen functional groups attached to an aromatic ring is 1. The third-order valence-electron chi connectivity index (χ3n) is 3.03. The molecule has 4 nitrogen and oxygen atoms in total. The number of pyridine rings is 1. The number of thiazole rings is 1. The van der Waals surface area contributed by atoms with Crippen molar-refractivity contribution >= 4 is 28.0 Å². The van der Waals surface area contributed by atoms with E-state index in [0.29, 0.717) is 22.3 Å². The number of nitrogens with one attached hydrogen (secondary N) is 1. The van der Waals surface area contributed by atoms with Crippen molar-refractivity contribution in [1.82, 2.24) is 9.97 Å². The van der Waals surface area contributed by atoms with Gasteiger partial charge in [-0.15, -0.1) is 11.3 Å². The molecule has 3 rings (SSSR count). The van der Waals surface area contributed by atoms with Gasteiger partial charge in [-0.3, -0.25) is 0 Å². The van der Waals surface area contributed by atoms with E-state index in [9.17, 15) is 13.2 Å². The predicted octanol–water partition coefficient (Wildman–Crippen LogP) is 4.55. The predicted molar refractivity (Wildman–Crippen MR) is 84.5 cm³/mol. The Morgan fingerprint density at radius 2 is 1.96 bits per heavy atom. The molecular formula is C15H11F3N4S. The number of alkyl halides is 3. The van der Waals surface area contributed by atoms with E-state index in [0.717, 1.165) is 17.7 Å². The van der Waals surface area contributed by atoms with Gasteiger partial charge in [-0.1, -0.05) is 6.07 Å². The van der Waals surface area contributed by atoms with Gasteiger partial charge < -0.3 is 11.1 Å². The Hall–Kier alpha value is -2.61. The highest BCUT2D eigenvalue weighted by Crippen LogP contribution is 2.32. The zero-order valence-corrected chi connectivity index (χ0v) is 12.4. The van der Waals surface area contributed by atoms with E-state index in [1.807, 2.05) is 0 Å². The largest absolute Gasteiger partial charge is 0.416 e. The second-order valence-electron chi connectivity index (χ2n) is 4.71. The average molecular weight is 336 g/mol. The highest BCUT2D eigenvalue weighted by Gasteiger charge is 2.30. The molecule has 0 fully saturated rings. The molecule has 0 aliphatic heterocycles. The minimum atomic E-state index is -4.37. The molecule has 0 saturated heterocycles. The Labute approximate surface area is 133 Å². The normalized spacial score (nSPS) is 11.4. The molecule has 0 amide bonds. The summed E-state index contributed by atoms with van der Waals surface area (Å²) in [6, 6.07) is 8.43. The van der Waals surface area contributed by atoms with Crippen molar-refractivity contribution in [2.45, 2.75) is 6.18 Å². The molecular weight excluding hydrogens is 325 g/mol. The lowest BCUT2D eigenvalue weighted by Gasteiger charge is -2.08. The molecule has 0 spiro atoms. The summed E-state index contributed by atoms with van der Waals surface area (Å²) in [6.07, 6.45) is -2.78. The Morgan fingerprint density at radius 3 is 2.65 bits per heavy atom. The van der Waals surface area contributed by atoms with Crippen molar-refractivity contribution < 1.29 is 13.2 Å². The SMILES string of the molecule is Nc1ccc(-c2csc(Nc3cccc(C(F)(F)F)c3)n2)cn1. The second kappa shape index (κ2) is 5.88. The van der Waals surface area contributed by atoms with Gasteiger partial charge in [-0.25, -0.2) is 9.97 Å². The highest BCUT2D eigenvalue weighted by molar-refractivity contribution is 7.14. The van der Waals surface area contributed by atoms with Crippen LogP contribution in [0.2, 0.25) is 0 Å². The maximum Gasteiger partial charge on any atom is 0.416 e. The molecule has 0 saturated carbocycles. The molecule has 2 heterocycles. The summed E-state index contributed by atoms with van der Waals surface area (Å²) in [5, 5.41) is 5.17. The quantitative estimate of drug-likeness (QED) is 0.736. The summed E-state index contributed by atoms with van der Waals surface area (Å²) in [4.78, 5) is 8.33. The van der Waals surface area contributed by atoms with Crippen molar-refractivity contribution in [3.8, 4) is 11.3 Å². The van der Waals surface area contributed by atoms with Crippen LogP contribution in [0.25, 0.3) is 11.3 Å². The average Bonchev–Trinajstić information content (AvgIpc) is 2.96. The van der Waals surface area contributed by atoms with E-state index < -0.39 is 11.7 Å². The molecule has 0 unspecified atom stereocenters. The summed E-state index contributed by atoms with van der Waals surface area (Å²) in [5.74, 6) is 0.409. The van der Waals surface area contributed by atoms with Crippen LogP contribution >= 0.6 is 11.3 Å². The third-order valence-corrected chi connectivity index (χ3v) is 3.79. The number of hydrogen-bond acceptors (Lipinski definition) is 5. The van der Waals surface area contributed by atoms with Gasteiger partial charge in [0.25, 0.3) is 0 Å². The van der Waals surface area contributed by atoms with Crippen LogP contribution in [0.5, 0.6) is 0 Å². The number of rotatable bonds is 3. The Morgan fingerprint density at radius 1 is 1.13 bits per heavy atom. The van der Waals surface area contributed by atoms with Crippen molar-refractivity contribution in [3.05, 3.63) is 53.5 Å². The van der Waals surface area contributed by atoms with Gasteiger partial charge in [-0.2, -0.15) is 13.2 Å². The van der Waals surface area contributed by atoms with Crippen molar-refractivity contribution in [3.63, 3.8) is 0 Å². The van der Waals surface area contributed by atoms with Crippen LogP contribution in [0, 0.1) is 0 Å². The van der Waals surface area contributed by atoms with Crippen LogP contribution in [0.4, 0.5) is 29.8 Å². The molecule has 0 aliphatic carbocycles. The van der Waals surface area contributed by atoms with Gasteiger partial charge in [0.2, 0.25) is 0 Å². The van der Waals surface area contributed by atoms with Gasteiger partial charge in [0, 0.05) is 22.8 Å². The monoisotopic (exact) mass is 336 g/mol. The zero-order chi connectivity index (χ0) is 16.4. The molecule has 3 N–H and O–H groups in total. The summed E-state index contributed by atoms with van der Waals surface area (Å²) in [6.45, 7) is 0. The Balaban J connectivity index is 1.81.